The first-order valence-corrected chi connectivity index (χ1v) is 7.93. The van der Waals surface area contributed by atoms with Crippen LogP contribution in [0.1, 0.15) is 0 Å². The highest BCUT2D eigenvalue weighted by molar-refractivity contribution is 9.10. The Kier molecular flexibility index (Phi) is 4.45. The number of rotatable bonds is 5. The summed E-state index contributed by atoms with van der Waals surface area (Å²) < 4.78 is 10.7. The molecule has 0 saturated carbocycles. The van der Waals surface area contributed by atoms with Gasteiger partial charge in [-0.3, -0.25) is 0 Å². The monoisotopic (exact) mass is 361 g/mol. The maximum absolute atomic E-state index is 10.2. The lowest BCUT2D eigenvalue weighted by molar-refractivity contribution is -0.645. The summed E-state index contributed by atoms with van der Waals surface area (Å²) in [6.07, 6.45) is 1.42. The lowest BCUT2D eigenvalue weighted by Gasteiger charge is -2.11. The molecule has 0 saturated heterocycles. The van der Waals surface area contributed by atoms with Crippen molar-refractivity contribution in [1.82, 2.24) is 4.57 Å². The maximum Gasteiger partial charge on any atom is 0.244 e. The lowest BCUT2D eigenvalue weighted by Crippen LogP contribution is -2.27. The Morgan fingerprint density at radius 3 is 2.68 bits per heavy atom. The third-order valence-electron chi connectivity index (χ3n) is 3.55. The SMILES string of the molecule is C[n+]1cn(C[C@@H](O)COc2ccc(Br)cc2)c2ccccc21. The highest BCUT2D eigenvalue weighted by Crippen LogP contribution is 2.16. The van der Waals surface area contributed by atoms with Crippen LogP contribution in [0.4, 0.5) is 0 Å². The molecule has 3 aromatic rings. The fourth-order valence-electron chi connectivity index (χ4n) is 2.49. The average Bonchev–Trinajstić information content (AvgIpc) is 2.83. The molecule has 0 aliphatic rings. The molecule has 0 aliphatic carbocycles. The largest absolute Gasteiger partial charge is 0.491 e. The molecule has 0 radical (unpaired) electrons. The van der Waals surface area contributed by atoms with Gasteiger partial charge in [-0.2, -0.15) is 0 Å². The number of imidazole rings is 1. The Hall–Kier alpha value is -1.85. The topological polar surface area (TPSA) is 38.3 Å². The van der Waals surface area contributed by atoms with Crippen LogP contribution in [0.15, 0.2) is 59.3 Å². The average molecular weight is 362 g/mol. The highest BCUT2D eigenvalue weighted by Gasteiger charge is 2.16. The molecule has 1 N–H and O–H groups in total. The van der Waals surface area contributed by atoms with E-state index in [2.05, 4.69) is 32.6 Å². The second kappa shape index (κ2) is 6.50. The third-order valence-corrected chi connectivity index (χ3v) is 4.08. The van der Waals surface area contributed by atoms with E-state index < -0.39 is 6.10 Å². The minimum Gasteiger partial charge on any atom is -0.491 e. The molecule has 22 heavy (non-hydrogen) atoms. The number of hydrogen-bond acceptors (Lipinski definition) is 2. The van der Waals surface area contributed by atoms with Crippen molar-refractivity contribution >= 4 is 27.0 Å². The van der Waals surface area contributed by atoms with Gasteiger partial charge in [0, 0.05) is 4.47 Å². The van der Waals surface area contributed by atoms with Crippen LogP contribution in [-0.2, 0) is 13.6 Å². The Bertz CT molecular complexity index is 768. The first-order chi connectivity index (χ1) is 10.6. The van der Waals surface area contributed by atoms with E-state index in [9.17, 15) is 5.11 Å². The summed E-state index contributed by atoms with van der Waals surface area (Å²) >= 11 is 3.38. The zero-order chi connectivity index (χ0) is 15.5. The van der Waals surface area contributed by atoms with Gasteiger partial charge in [-0.25, -0.2) is 9.13 Å². The molecule has 1 atom stereocenters. The summed E-state index contributed by atoms with van der Waals surface area (Å²) in [5.41, 5.74) is 2.25. The molecule has 0 bridgehead atoms. The predicted octanol–water partition coefficient (Wildman–Crippen LogP) is 2.67. The van der Waals surface area contributed by atoms with E-state index in [0.29, 0.717) is 6.54 Å². The van der Waals surface area contributed by atoms with Crippen LogP contribution in [0.2, 0.25) is 0 Å². The number of hydrogen-bond donors (Lipinski definition) is 1. The van der Waals surface area contributed by atoms with Crippen molar-refractivity contribution < 1.29 is 14.4 Å². The maximum atomic E-state index is 10.2. The van der Waals surface area contributed by atoms with E-state index in [1.165, 1.54) is 0 Å². The number of nitrogens with zero attached hydrogens (tertiary/aromatic N) is 2. The Labute approximate surface area is 137 Å². The number of aliphatic hydroxyl groups is 1. The highest BCUT2D eigenvalue weighted by atomic mass is 79.9. The van der Waals surface area contributed by atoms with Crippen LogP contribution in [0.25, 0.3) is 11.0 Å². The standard InChI is InChI=1S/C17H18BrN2O2/c1-19-12-20(17-5-3-2-4-16(17)19)10-14(21)11-22-15-8-6-13(18)7-9-15/h2-9,12,14,21H,10-11H2,1H3/q+1/t14-/m1/s1. The Balaban J connectivity index is 1.65. The van der Waals surface area contributed by atoms with Gasteiger partial charge in [-0.05, 0) is 36.4 Å². The van der Waals surface area contributed by atoms with Crippen molar-refractivity contribution in [2.24, 2.45) is 7.05 Å². The fourth-order valence-corrected chi connectivity index (χ4v) is 2.75. The molecule has 114 valence electrons. The van der Waals surface area contributed by atoms with Gasteiger partial charge in [0.05, 0.1) is 7.05 Å². The van der Waals surface area contributed by atoms with E-state index in [0.717, 1.165) is 21.3 Å². The smallest absolute Gasteiger partial charge is 0.244 e. The number of aliphatic hydroxyl groups excluding tert-OH is 1. The normalized spacial score (nSPS) is 12.5. The molecular formula is C17H18BrN2O2+. The molecule has 4 nitrogen and oxygen atoms in total. The zero-order valence-corrected chi connectivity index (χ0v) is 13.9. The summed E-state index contributed by atoms with van der Waals surface area (Å²) in [5, 5.41) is 10.2. The molecule has 3 rings (SSSR count). The van der Waals surface area contributed by atoms with Crippen molar-refractivity contribution in [2.45, 2.75) is 12.6 Å². The summed E-state index contributed by atoms with van der Waals surface area (Å²) in [4.78, 5) is 0. The number of para-hydroxylation sites is 2. The van der Waals surface area contributed by atoms with Crippen molar-refractivity contribution in [2.75, 3.05) is 6.61 Å². The number of aryl methyl sites for hydroxylation is 1. The minimum atomic E-state index is -0.570. The van der Waals surface area contributed by atoms with Gasteiger partial charge in [-0.15, -0.1) is 0 Å². The van der Waals surface area contributed by atoms with Crippen LogP contribution in [0.5, 0.6) is 5.75 Å². The first kappa shape index (κ1) is 15.1. The summed E-state index contributed by atoms with van der Waals surface area (Å²) in [5.74, 6) is 0.755. The number of halogens is 1. The Morgan fingerprint density at radius 2 is 1.91 bits per heavy atom. The predicted molar refractivity (Wildman–Crippen MR) is 88.8 cm³/mol. The third kappa shape index (κ3) is 3.31. The van der Waals surface area contributed by atoms with Gasteiger partial charge in [0.2, 0.25) is 6.33 Å². The van der Waals surface area contributed by atoms with E-state index in [-0.39, 0.29) is 6.61 Å². The van der Waals surface area contributed by atoms with Gasteiger partial charge in [0.25, 0.3) is 0 Å². The van der Waals surface area contributed by atoms with Crippen molar-refractivity contribution in [3.8, 4) is 5.75 Å². The Morgan fingerprint density at radius 1 is 1.18 bits per heavy atom. The van der Waals surface area contributed by atoms with Gasteiger partial charge >= 0.3 is 0 Å². The molecular weight excluding hydrogens is 344 g/mol. The summed E-state index contributed by atoms with van der Waals surface area (Å²) in [7, 11) is 2.00. The van der Waals surface area contributed by atoms with Crippen LogP contribution in [0.3, 0.4) is 0 Å². The number of ether oxygens (including phenoxy) is 1. The van der Waals surface area contributed by atoms with Gasteiger partial charge in [0.1, 0.15) is 25.0 Å². The van der Waals surface area contributed by atoms with E-state index in [4.69, 9.17) is 4.74 Å². The molecule has 0 unspecified atom stereocenters. The van der Waals surface area contributed by atoms with Crippen LogP contribution >= 0.6 is 15.9 Å². The number of fused-ring (bicyclic) bond motifs is 1. The second-order valence-corrected chi connectivity index (χ2v) is 6.20. The zero-order valence-electron chi connectivity index (χ0n) is 12.3. The van der Waals surface area contributed by atoms with Crippen LogP contribution in [0, 0.1) is 0 Å². The molecule has 0 spiro atoms. The minimum absolute atomic E-state index is 0.262. The van der Waals surface area contributed by atoms with Gasteiger partial charge < -0.3 is 9.84 Å². The molecule has 0 amide bonds. The van der Waals surface area contributed by atoms with E-state index >= 15 is 0 Å². The van der Waals surface area contributed by atoms with Crippen LogP contribution < -0.4 is 9.30 Å². The first-order valence-electron chi connectivity index (χ1n) is 7.13. The van der Waals surface area contributed by atoms with Crippen molar-refractivity contribution in [3.05, 3.63) is 59.3 Å². The summed E-state index contributed by atoms with van der Waals surface area (Å²) in [6, 6.07) is 15.7. The van der Waals surface area contributed by atoms with E-state index in [1.807, 2.05) is 54.3 Å². The lowest BCUT2D eigenvalue weighted by atomic mass is 10.3. The molecule has 0 aliphatic heterocycles. The quantitative estimate of drug-likeness (QED) is 0.709. The molecule has 0 fully saturated rings. The van der Waals surface area contributed by atoms with Gasteiger partial charge in [0.15, 0.2) is 11.0 Å². The number of aromatic nitrogens is 2. The summed E-state index contributed by atoms with van der Waals surface area (Å²) in [6.45, 7) is 0.760. The van der Waals surface area contributed by atoms with Crippen molar-refractivity contribution in [1.29, 1.82) is 0 Å². The molecule has 2 aromatic carbocycles. The van der Waals surface area contributed by atoms with Crippen molar-refractivity contribution in [3.63, 3.8) is 0 Å². The van der Waals surface area contributed by atoms with Gasteiger partial charge in [-0.1, -0.05) is 28.1 Å². The molecule has 1 aromatic heterocycles. The fraction of sp³-hybridized carbons (Fsp3) is 0.235. The molecule has 5 heteroatoms. The molecule has 1 heterocycles. The second-order valence-electron chi connectivity index (χ2n) is 5.29. The van der Waals surface area contributed by atoms with Crippen LogP contribution in [-0.4, -0.2) is 22.4 Å². The number of benzene rings is 2. The van der Waals surface area contributed by atoms with E-state index in [1.54, 1.807) is 0 Å².